The highest BCUT2D eigenvalue weighted by atomic mass is 35.5. The van der Waals surface area contributed by atoms with Crippen molar-refractivity contribution >= 4 is 28.9 Å². The summed E-state index contributed by atoms with van der Waals surface area (Å²) in [6, 6.07) is 11.7. The number of hydroxylamine groups is 1. The normalized spacial score (nSPS) is 10.0. The van der Waals surface area contributed by atoms with Gasteiger partial charge in [0.25, 0.3) is 5.91 Å². The van der Waals surface area contributed by atoms with E-state index < -0.39 is 0 Å². The number of nitrogens with zero attached hydrogens (tertiary/aromatic N) is 1. The summed E-state index contributed by atoms with van der Waals surface area (Å²) < 4.78 is 5.09. The number of nitrogen functional groups attached to an aromatic ring is 1. The molecule has 5 nitrogen and oxygen atoms in total. The van der Waals surface area contributed by atoms with Gasteiger partial charge in [-0.1, -0.05) is 11.6 Å². The smallest absolute Gasteiger partial charge is 0.256 e. The van der Waals surface area contributed by atoms with Crippen LogP contribution in [0.25, 0.3) is 0 Å². The van der Waals surface area contributed by atoms with Crippen molar-refractivity contribution in [3.05, 3.63) is 47.5 Å². The minimum Gasteiger partial charge on any atom is -0.495 e. The number of hydrogen-bond donors (Lipinski definition) is 1. The Hall–Kier alpha value is -2.40. The molecule has 0 aromatic heterocycles. The molecule has 21 heavy (non-hydrogen) atoms. The molecule has 0 atom stereocenters. The molecule has 0 saturated carbocycles. The quantitative estimate of drug-likeness (QED) is 0.695. The fraction of sp³-hybridized carbons (Fsp3) is 0.133. The van der Waals surface area contributed by atoms with Gasteiger partial charge in [-0.25, -0.2) is 0 Å². The maximum atomic E-state index is 11.8. The molecule has 0 aliphatic rings. The zero-order chi connectivity index (χ0) is 15.4. The molecule has 110 valence electrons. The number of benzene rings is 2. The summed E-state index contributed by atoms with van der Waals surface area (Å²) in [5.41, 5.74) is 6.77. The summed E-state index contributed by atoms with van der Waals surface area (Å²) in [6.07, 6.45) is 0. The third-order valence-corrected chi connectivity index (χ3v) is 3.00. The average Bonchev–Trinajstić information content (AvgIpc) is 2.46. The molecule has 0 unspecified atom stereocenters. The van der Waals surface area contributed by atoms with Crippen LogP contribution in [0.5, 0.6) is 11.5 Å². The second-order valence-electron chi connectivity index (χ2n) is 4.28. The highest BCUT2D eigenvalue weighted by molar-refractivity contribution is 6.30. The molecule has 2 aromatic carbocycles. The van der Waals surface area contributed by atoms with Crippen LogP contribution in [0.4, 0.5) is 11.4 Å². The largest absolute Gasteiger partial charge is 0.495 e. The fourth-order valence-corrected chi connectivity index (χ4v) is 1.87. The van der Waals surface area contributed by atoms with Crippen LogP contribution in [0.15, 0.2) is 42.5 Å². The van der Waals surface area contributed by atoms with Gasteiger partial charge in [-0.15, -0.1) is 5.06 Å². The van der Waals surface area contributed by atoms with Crippen molar-refractivity contribution in [3.8, 4) is 11.5 Å². The summed E-state index contributed by atoms with van der Waals surface area (Å²) in [6.45, 7) is 1.40. The van der Waals surface area contributed by atoms with E-state index in [2.05, 4.69) is 0 Å². The number of hydrogen-bond acceptors (Lipinski definition) is 4. The van der Waals surface area contributed by atoms with Gasteiger partial charge in [0.15, 0.2) is 5.75 Å². The lowest BCUT2D eigenvalue weighted by molar-refractivity contribution is -0.120. The number of carbonyl (C=O) groups is 1. The minimum absolute atomic E-state index is 0.283. The van der Waals surface area contributed by atoms with Crippen molar-refractivity contribution in [1.29, 1.82) is 0 Å². The number of carbonyl (C=O) groups excluding carboxylic acids is 1. The Balaban J connectivity index is 2.28. The molecule has 6 heteroatoms. The molecule has 0 saturated heterocycles. The summed E-state index contributed by atoms with van der Waals surface area (Å²) in [4.78, 5) is 17.4. The van der Waals surface area contributed by atoms with E-state index in [1.54, 1.807) is 42.5 Å². The molecule has 0 aliphatic heterocycles. The first kappa shape index (κ1) is 15.0. The van der Waals surface area contributed by atoms with Crippen LogP contribution in [-0.4, -0.2) is 13.0 Å². The molecule has 0 radical (unpaired) electrons. The van der Waals surface area contributed by atoms with E-state index in [1.165, 1.54) is 14.0 Å². The Kier molecular flexibility index (Phi) is 4.55. The van der Waals surface area contributed by atoms with Crippen LogP contribution in [0.1, 0.15) is 6.92 Å². The van der Waals surface area contributed by atoms with E-state index in [0.29, 0.717) is 27.9 Å². The van der Waals surface area contributed by atoms with Crippen LogP contribution in [-0.2, 0) is 4.79 Å². The Morgan fingerprint density at radius 1 is 1.19 bits per heavy atom. The highest BCUT2D eigenvalue weighted by Gasteiger charge is 2.15. The van der Waals surface area contributed by atoms with Crippen molar-refractivity contribution in [2.24, 2.45) is 0 Å². The van der Waals surface area contributed by atoms with Crippen LogP contribution in [0, 0.1) is 0 Å². The van der Waals surface area contributed by atoms with Gasteiger partial charge in [0.2, 0.25) is 0 Å². The topological polar surface area (TPSA) is 64.8 Å². The summed E-state index contributed by atoms with van der Waals surface area (Å²) in [5.74, 6) is 0.743. The van der Waals surface area contributed by atoms with Crippen molar-refractivity contribution in [1.82, 2.24) is 0 Å². The summed E-state index contributed by atoms with van der Waals surface area (Å²) in [7, 11) is 1.53. The zero-order valence-electron chi connectivity index (χ0n) is 11.7. The molecule has 0 aliphatic carbocycles. The van der Waals surface area contributed by atoms with E-state index in [9.17, 15) is 4.79 Å². The standard InChI is InChI=1S/C15H15ClN2O3/c1-10(19)18(21-13-6-3-11(16)4-7-13)12-5-8-15(20-2)14(17)9-12/h3-9H,17H2,1-2H3. The van der Waals surface area contributed by atoms with Gasteiger partial charge >= 0.3 is 0 Å². The highest BCUT2D eigenvalue weighted by Crippen LogP contribution is 2.28. The van der Waals surface area contributed by atoms with Gasteiger partial charge < -0.3 is 15.3 Å². The van der Waals surface area contributed by atoms with Gasteiger partial charge in [-0.05, 0) is 42.5 Å². The maximum Gasteiger partial charge on any atom is 0.256 e. The number of amides is 1. The molecule has 0 spiro atoms. The molecule has 2 N–H and O–H groups in total. The van der Waals surface area contributed by atoms with E-state index in [1.807, 2.05) is 0 Å². The number of anilines is 2. The van der Waals surface area contributed by atoms with Crippen molar-refractivity contribution in [2.75, 3.05) is 17.9 Å². The van der Waals surface area contributed by atoms with Gasteiger partial charge in [-0.2, -0.15) is 0 Å². The van der Waals surface area contributed by atoms with Crippen molar-refractivity contribution in [3.63, 3.8) is 0 Å². The number of ether oxygens (including phenoxy) is 1. The average molecular weight is 307 g/mol. The SMILES string of the molecule is COc1ccc(N(Oc2ccc(Cl)cc2)C(C)=O)cc1N. The van der Waals surface area contributed by atoms with Gasteiger partial charge in [0, 0.05) is 11.9 Å². The van der Waals surface area contributed by atoms with E-state index in [4.69, 9.17) is 26.9 Å². The lowest BCUT2D eigenvalue weighted by Crippen LogP contribution is -2.32. The van der Waals surface area contributed by atoms with Crippen LogP contribution >= 0.6 is 11.6 Å². The molecule has 0 heterocycles. The summed E-state index contributed by atoms with van der Waals surface area (Å²) in [5, 5.41) is 1.74. The first-order chi connectivity index (χ1) is 10.0. The predicted molar refractivity (Wildman–Crippen MR) is 82.6 cm³/mol. The Morgan fingerprint density at radius 2 is 1.86 bits per heavy atom. The Labute approximate surface area is 127 Å². The van der Waals surface area contributed by atoms with Crippen molar-refractivity contribution in [2.45, 2.75) is 6.92 Å². The molecule has 0 bridgehead atoms. The van der Waals surface area contributed by atoms with Gasteiger partial charge in [0.05, 0.1) is 18.5 Å². The van der Waals surface area contributed by atoms with Crippen LogP contribution < -0.4 is 20.4 Å². The third kappa shape index (κ3) is 3.58. The predicted octanol–water partition coefficient (Wildman–Crippen LogP) is 3.28. The van der Waals surface area contributed by atoms with E-state index in [0.717, 1.165) is 5.06 Å². The molecule has 1 amide bonds. The summed E-state index contributed by atoms with van der Waals surface area (Å²) >= 11 is 5.82. The monoisotopic (exact) mass is 306 g/mol. The first-order valence-electron chi connectivity index (χ1n) is 6.19. The minimum atomic E-state index is -0.283. The number of halogens is 1. The lowest BCUT2D eigenvalue weighted by atomic mass is 10.2. The van der Waals surface area contributed by atoms with Crippen molar-refractivity contribution < 1.29 is 14.4 Å². The fourth-order valence-electron chi connectivity index (χ4n) is 1.75. The molecule has 2 rings (SSSR count). The Bertz CT molecular complexity index is 644. The number of rotatable bonds is 4. The van der Waals surface area contributed by atoms with Crippen LogP contribution in [0.2, 0.25) is 5.02 Å². The van der Waals surface area contributed by atoms with Gasteiger partial charge in [-0.3, -0.25) is 4.79 Å². The van der Waals surface area contributed by atoms with E-state index >= 15 is 0 Å². The number of methoxy groups -OCH3 is 1. The number of nitrogens with two attached hydrogens (primary N) is 1. The molecule has 0 fully saturated rings. The third-order valence-electron chi connectivity index (χ3n) is 2.74. The second kappa shape index (κ2) is 6.37. The molecule has 2 aromatic rings. The lowest BCUT2D eigenvalue weighted by Gasteiger charge is -2.21. The second-order valence-corrected chi connectivity index (χ2v) is 4.72. The van der Waals surface area contributed by atoms with Crippen LogP contribution in [0.3, 0.4) is 0 Å². The molecular formula is C15H15ClN2O3. The Morgan fingerprint density at radius 3 is 2.38 bits per heavy atom. The zero-order valence-corrected chi connectivity index (χ0v) is 12.4. The van der Waals surface area contributed by atoms with Gasteiger partial charge in [0.1, 0.15) is 5.75 Å². The van der Waals surface area contributed by atoms with E-state index in [-0.39, 0.29) is 5.91 Å². The first-order valence-corrected chi connectivity index (χ1v) is 6.57. The molecular weight excluding hydrogens is 292 g/mol. The maximum absolute atomic E-state index is 11.8.